The summed E-state index contributed by atoms with van der Waals surface area (Å²) < 4.78 is 43.2. The molecule has 0 saturated carbocycles. The number of carboxylic acids is 1. The van der Waals surface area contributed by atoms with Crippen molar-refractivity contribution in [1.82, 2.24) is 4.72 Å². The highest BCUT2D eigenvalue weighted by atomic mass is 35.5. The maximum atomic E-state index is 13.1. The number of carbonyl (C=O) groups excluding carboxylic acids is 1. The van der Waals surface area contributed by atoms with E-state index in [1.54, 1.807) is 4.72 Å². The summed E-state index contributed by atoms with van der Waals surface area (Å²) in [6, 6.07) is 0.843. The maximum Gasteiger partial charge on any atom is 0.322 e. The molecule has 116 valence electrons. The van der Waals surface area contributed by atoms with Gasteiger partial charge in [-0.2, -0.15) is 4.72 Å². The summed E-state index contributed by atoms with van der Waals surface area (Å²) in [5.41, 5.74) is 0. The van der Waals surface area contributed by atoms with Gasteiger partial charge in [0.25, 0.3) is 0 Å². The highest BCUT2D eigenvalue weighted by molar-refractivity contribution is 7.89. The van der Waals surface area contributed by atoms with Gasteiger partial charge in [-0.15, -0.1) is 0 Å². The Morgan fingerprint density at radius 3 is 2.62 bits per heavy atom. The third-order valence-corrected chi connectivity index (χ3v) is 4.33. The molecule has 0 heterocycles. The second-order valence-corrected chi connectivity index (χ2v) is 5.96. The number of hydrogen-bond donors (Lipinski definition) is 2. The molecule has 1 aromatic rings. The number of benzene rings is 1. The van der Waals surface area contributed by atoms with Crippen molar-refractivity contribution in [1.29, 1.82) is 0 Å². The van der Waals surface area contributed by atoms with Crippen LogP contribution in [0.1, 0.15) is 6.42 Å². The molecule has 0 aliphatic heterocycles. The van der Waals surface area contributed by atoms with Gasteiger partial charge in [0.15, 0.2) is 0 Å². The summed E-state index contributed by atoms with van der Waals surface area (Å²) in [5.74, 6) is -3.37. The van der Waals surface area contributed by atoms with Crippen molar-refractivity contribution in [2.75, 3.05) is 7.11 Å². The van der Waals surface area contributed by atoms with Gasteiger partial charge in [-0.25, -0.2) is 12.8 Å². The Bertz CT molecular complexity index is 663. The van der Waals surface area contributed by atoms with Crippen LogP contribution >= 0.6 is 11.6 Å². The van der Waals surface area contributed by atoms with Gasteiger partial charge < -0.3 is 9.84 Å². The van der Waals surface area contributed by atoms with E-state index in [0.29, 0.717) is 6.07 Å². The van der Waals surface area contributed by atoms with E-state index in [2.05, 4.69) is 4.74 Å². The lowest BCUT2D eigenvalue weighted by atomic mass is 10.2. The Hall–Kier alpha value is -1.71. The predicted octanol–water partition coefficient (Wildman–Crippen LogP) is 0.774. The highest BCUT2D eigenvalue weighted by Crippen LogP contribution is 2.22. The fourth-order valence-electron chi connectivity index (χ4n) is 1.36. The Morgan fingerprint density at radius 2 is 2.10 bits per heavy atom. The van der Waals surface area contributed by atoms with E-state index in [-0.39, 0.29) is 5.02 Å². The zero-order valence-electron chi connectivity index (χ0n) is 10.7. The molecular weight excluding hydrogens is 329 g/mol. The molecule has 0 amide bonds. The van der Waals surface area contributed by atoms with E-state index in [0.717, 1.165) is 19.2 Å². The van der Waals surface area contributed by atoms with Crippen molar-refractivity contribution in [2.45, 2.75) is 17.4 Å². The quantitative estimate of drug-likeness (QED) is 0.741. The Balaban J connectivity index is 3.09. The van der Waals surface area contributed by atoms with Gasteiger partial charge in [-0.3, -0.25) is 9.59 Å². The number of nitrogens with one attached hydrogen (secondary N) is 1. The number of ether oxygens (including phenoxy) is 1. The van der Waals surface area contributed by atoms with Crippen molar-refractivity contribution < 1.29 is 32.2 Å². The van der Waals surface area contributed by atoms with Crippen molar-refractivity contribution in [3.63, 3.8) is 0 Å². The summed E-state index contributed by atoms with van der Waals surface area (Å²) in [4.78, 5) is 21.4. The second-order valence-electron chi connectivity index (χ2n) is 3.87. The minimum atomic E-state index is -4.42. The van der Waals surface area contributed by atoms with Gasteiger partial charge in [0.2, 0.25) is 10.0 Å². The number of rotatable bonds is 6. The van der Waals surface area contributed by atoms with Crippen LogP contribution in [0.3, 0.4) is 0 Å². The van der Waals surface area contributed by atoms with Crippen LogP contribution in [0.4, 0.5) is 4.39 Å². The number of methoxy groups -OCH3 is 1. The van der Waals surface area contributed by atoms with Crippen LogP contribution in [0.2, 0.25) is 5.02 Å². The van der Waals surface area contributed by atoms with Crippen LogP contribution < -0.4 is 4.72 Å². The van der Waals surface area contributed by atoms with E-state index in [9.17, 15) is 22.4 Å². The molecule has 1 rings (SSSR count). The van der Waals surface area contributed by atoms with Crippen LogP contribution in [-0.4, -0.2) is 38.6 Å². The average Bonchev–Trinajstić information content (AvgIpc) is 2.40. The SMILES string of the molecule is COC(=O)C[C@H](NS(=O)(=O)c1cc(F)ccc1Cl)C(=O)O. The van der Waals surface area contributed by atoms with Gasteiger partial charge in [-0.1, -0.05) is 11.6 Å². The lowest BCUT2D eigenvalue weighted by Gasteiger charge is -2.14. The molecule has 1 aromatic carbocycles. The second kappa shape index (κ2) is 6.83. The normalized spacial score (nSPS) is 12.7. The monoisotopic (exact) mass is 339 g/mol. The van der Waals surface area contributed by atoms with Crippen molar-refractivity contribution >= 4 is 33.6 Å². The topological polar surface area (TPSA) is 110 Å². The first kappa shape index (κ1) is 17.3. The first-order valence-corrected chi connectivity index (χ1v) is 7.30. The number of carbonyl (C=O) groups is 2. The Morgan fingerprint density at radius 1 is 1.48 bits per heavy atom. The zero-order chi connectivity index (χ0) is 16.2. The van der Waals surface area contributed by atoms with Gasteiger partial charge in [0, 0.05) is 0 Å². The van der Waals surface area contributed by atoms with Gasteiger partial charge >= 0.3 is 11.9 Å². The molecule has 2 N–H and O–H groups in total. The van der Waals surface area contributed by atoms with E-state index < -0.39 is 45.1 Å². The molecule has 0 aliphatic rings. The molecule has 0 bridgehead atoms. The fourth-order valence-corrected chi connectivity index (χ4v) is 3.06. The molecule has 21 heavy (non-hydrogen) atoms. The highest BCUT2D eigenvalue weighted by Gasteiger charge is 2.29. The van der Waals surface area contributed by atoms with E-state index in [1.165, 1.54) is 0 Å². The predicted molar refractivity (Wildman–Crippen MR) is 69.8 cm³/mol. The molecule has 0 unspecified atom stereocenters. The summed E-state index contributed by atoms with van der Waals surface area (Å²) in [6.45, 7) is 0. The Kier molecular flexibility index (Phi) is 5.64. The average molecular weight is 340 g/mol. The molecular formula is C11H11ClFNO6S. The number of halogens is 2. The molecule has 0 fully saturated rings. The fraction of sp³-hybridized carbons (Fsp3) is 0.273. The summed E-state index contributed by atoms with van der Waals surface area (Å²) >= 11 is 5.65. The van der Waals surface area contributed by atoms with Crippen molar-refractivity contribution in [3.05, 3.63) is 29.0 Å². The molecule has 0 aromatic heterocycles. The van der Waals surface area contributed by atoms with Crippen molar-refractivity contribution in [2.24, 2.45) is 0 Å². The number of aliphatic carboxylic acids is 1. The molecule has 0 aliphatic carbocycles. The zero-order valence-corrected chi connectivity index (χ0v) is 12.2. The molecule has 7 nitrogen and oxygen atoms in total. The largest absolute Gasteiger partial charge is 0.480 e. The van der Waals surface area contributed by atoms with Crippen LogP contribution in [0.25, 0.3) is 0 Å². The van der Waals surface area contributed by atoms with E-state index >= 15 is 0 Å². The smallest absolute Gasteiger partial charge is 0.322 e. The van der Waals surface area contributed by atoms with Gasteiger partial charge in [-0.05, 0) is 18.2 Å². The third-order valence-electron chi connectivity index (χ3n) is 2.38. The first-order valence-electron chi connectivity index (χ1n) is 5.44. The summed E-state index contributed by atoms with van der Waals surface area (Å²) in [6.07, 6.45) is -0.724. The van der Waals surface area contributed by atoms with E-state index in [1.807, 2.05) is 0 Å². The third kappa shape index (κ3) is 4.66. The maximum absolute atomic E-state index is 13.1. The molecule has 0 saturated heterocycles. The van der Waals surface area contributed by atoms with Gasteiger partial charge in [0.1, 0.15) is 16.8 Å². The number of esters is 1. The van der Waals surface area contributed by atoms with E-state index in [4.69, 9.17) is 16.7 Å². The number of carboxylic acid groups (broad SMARTS) is 1. The lowest BCUT2D eigenvalue weighted by molar-refractivity contribution is -0.147. The van der Waals surface area contributed by atoms with Crippen LogP contribution in [-0.2, 0) is 24.3 Å². The molecule has 0 spiro atoms. The first-order chi connectivity index (χ1) is 9.67. The Labute approximate surface area is 124 Å². The summed E-state index contributed by atoms with van der Waals surface area (Å²) in [5, 5.41) is 8.62. The van der Waals surface area contributed by atoms with Crippen molar-refractivity contribution in [3.8, 4) is 0 Å². The number of sulfonamides is 1. The van der Waals surface area contributed by atoms with Crippen LogP contribution in [0.15, 0.2) is 23.1 Å². The molecule has 10 heteroatoms. The van der Waals surface area contributed by atoms with Gasteiger partial charge in [0.05, 0.1) is 18.6 Å². The summed E-state index contributed by atoms with van der Waals surface area (Å²) in [7, 11) is -3.40. The molecule has 0 radical (unpaired) electrons. The molecule has 1 atom stereocenters. The number of hydrogen-bond acceptors (Lipinski definition) is 5. The van der Waals surface area contributed by atoms with Crippen LogP contribution in [0.5, 0.6) is 0 Å². The minimum Gasteiger partial charge on any atom is -0.480 e. The minimum absolute atomic E-state index is 0.286. The standard InChI is InChI=1S/C11H11ClFNO6S/c1-20-10(15)5-8(11(16)17)14-21(18,19)9-4-6(13)2-3-7(9)12/h2-4,8,14H,5H2,1H3,(H,16,17)/t8-/m0/s1. The lowest BCUT2D eigenvalue weighted by Crippen LogP contribution is -2.42. The van der Waals surface area contributed by atoms with Crippen LogP contribution in [0, 0.1) is 5.82 Å².